The fraction of sp³-hybridized carbons (Fsp3) is 0.500. The molecule has 4 rings (SSSR count). The van der Waals surface area contributed by atoms with Gasteiger partial charge in [0.15, 0.2) is 5.78 Å². The molecule has 1 atom stereocenters. The zero-order chi connectivity index (χ0) is 21.5. The fourth-order valence-electron chi connectivity index (χ4n) is 4.18. The van der Waals surface area contributed by atoms with Crippen molar-refractivity contribution in [2.45, 2.75) is 64.1 Å². The number of anilines is 1. The van der Waals surface area contributed by atoms with Crippen molar-refractivity contribution in [3.8, 4) is 0 Å². The van der Waals surface area contributed by atoms with Gasteiger partial charge in [0.05, 0.1) is 0 Å². The molecule has 0 fully saturated rings. The van der Waals surface area contributed by atoms with Crippen LogP contribution in [0.5, 0.6) is 0 Å². The van der Waals surface area contributed by atoms with Crippen LogP contribution in [0.25, 0.3) is 0 Å². The van der Waals surface area contributed by atoms with Gasteiger partial charge in [-0.05, 0) is 30.4 Å². The first-order valence-electron chi connectivity index (χ1n) is 10.4. The second kappa shape index (κ2) is 8.56. The Bertz CT molecular complexity index is 1010. The quantitative estimate of drug-likeness (QED) is 0.389. The minimum Gasteiger partial charge on any atom is -0.328 e. The topological polar surface area (TPSA) is 59.8 Å². The molecule has 1 aromatic carbocycles. The Morgan fingerprint density at radius 3 is 2.80 bits per heavy atom. The van der Waals surface area contributed by atoms with Gasteiger partial charge in [-0.2, -0.15) is 4.98 Å². The van der Waals surface area contributed by atoms with Crippen molar-refractivity contribution in [2.75, 3.05) is 11.1 Å². The van der Waals surface area contributed by atoms with Gasteiger partial charge in [-0.1, -0.05) is 74.6 Å². The zero-order valence-corrected chi connectivity index (χ0v) is 19.8. The molecular formula is C22H26Cl2N4OS. The van der Waals surface area contributed by atoms with Crippen LogP contribution in [-0.2, 0) is 4.79 Å². The van der Waals surface area contributed by atoms with Gasteiger partial charge in [-0.15, -0.1) is 5.10 Å². The Kier molecular flexibility index (Phi) is 6.20. The van der Waals surface area contributed by atoms with Crippen LogP contribution in [0.2, 0.25) is 10.0 Å². The molecule has 30 heavy (non-hydrogen) atoms. The van der Waals surface area contributed by atoms with Gasteiger partial charge in [0.2, 0.25) is 11.1 Å². The number of benzene rings is 1. The molecule has 0 saturated carbocycles. The number of Topliss-reactive ketones (excluding diaryl/α,β-unsaturated/α-hetero) is 1. The van der Waals surface area contributed by atoms with Crippen LogP contribution in [-0.4, -0.2) is 26.3 Å². The number of allylic oxidation sites excluding steroid dienone is 2. The minimum atomic E-state index is -0.401. The minimum absolute atomic E-state index is 0.100. The molecule has 0 radical (unpaired) electrons. The molecule has 8 heteroatoms. The van der Waals surface area contributed by atoms with Crippen molar-refractivity contribution in [2.24, 2.45) is 5.41 Å². The fourth-order valence-corrected chi connectivity index (χ4v) is 5.52. The van der Waals surface area contributed by atoms with E-state index in [1.54, 1.807) is 23.9 Å². The SMILES string of the molecule is CCCCCSc1nc2n(n1)[C@H](c1ccc(Cl)cc1Cl)C1=C(CC(C)(C)CC1=O)N2. The number of halogens is 2. The lowest BCUT2D eigenvalue weighted by atomic mass is 9.73. The van der Waals surface area contributed by atoms with Crippen LogP contribution < -0.4 is 5.32 Å². The van der Waals surface area contributed by atoms with Crippen LogP contribution >= 0.6 is 35.0 Å². The van der Waals surface area contributed by atoms with Crippen molar-refractivity contribution < 1.29 is 4.79 Å². The lowest BCUT2D eigenvalue weighted by molar-refractivity contribution is -0.118. The van der Waals surface area contributed by atoms with Crippen LogP contribution in [0.4, 0.5) is 5.95 Å². The average Bonchev–Trinajstić information content (AvgIpc) is 3.05. The second-order valence-corrected chi connectivity index (χ2v) is 10.7. The highest BCUT2D eigenvalue weighted by Gasteiger charge is 2.42. The predicted octanol–water partition coefficient (Wildman–Crippen LogP) is 6.53. The van der Waals surface area contributed by atoms with Crippen molar-refractivity contribution in [3.63, 3.8) is 0 Å². The van der Waals surface area contributed by atoms with E-state index in [0.717, 1.165) is 40.6 Å². The third kappa shape index (κ3) is 4.27. The number of unbranched alkanes of at least 4 members (excludes halogenated alkanes) is 2. The normalized spacial score (nSPS) is 20.0. The van der Waals surface area contributed by atoms with Gasteiger partial charge in [-0.3, -0.25) is 4.79 Å². The predicted molar refractivity (Wildman–Crippen MR) is 124 cm³/mol. The summed E-state index contributed by atoms with van der Waals surface area (Å²) in [6.07, 6.45) is 4.79. The highest BCUT2D eigenvalue weighted by molar-refractivity contribution is 7.99. The molecule has 2 aliphatic rings. The van der Waals surface area contributed by atoms with Gasteiger partial charge >= 0.3 is 0 Å². The van der Waals surface area contributed by atoms with Crippen LogP contribution in [0.15, 0.2) is 34.6 Å². The molecule has 2 heterocycles. The molecular weight excluding hydrogens is 439 g/mol. The molecule has 2 aromatic rings. The Morgan fingerprint density at radius 2 is 2.07 bits per heavy atom. The molecule has 0 spiro atoms. The summed E-state index contributed by atoms with van der Waals surface area (Å²) in [5.41, 5.74) is 2.38. The average molecular weight is 465 g/mol. The number of carbonyl (C=O) groups excluding carboxylic acids is 1. The summed E-state index contributed by atoms with van der Waals surface area (Å²) in [5.74, 6) is 1.76. The molecule has 0 unspecified atom stereocenters. The van der Waals surface area contributed by atoms with E-state index in [2.05, 4.69) is 26.1 Å². The number of aromatic nitrogens is 3. The third-order valence-corrected chi connectivity index (χ3v) is 7.03. The number of carbonyl (C=O) groups is 1. The Morgan fingerprint density at radius 1 is 1.27 bits per heavy atom. The van der Waals surface area contributed by atoms with E-state index in [1.165, 1.54) is 12.8 Å². The van der Waals surface area contributed by atoms with E-state index < -0.39 is 6.04 Å². The number of hydrogen-bond donors (Lipinski definition) is 1. The van der Waals surface area contributed by atoms with Crippen molar-refractivity contribution in [1.29, 1.82) is 0 Å². The molecule has 1 aliphatic heterocycles. The number of thioether (sulfide) groups is 1. The summed E-state index contributed by atoms with van der Waals surface area (Å²) in [4.78, 5) is 18.0. The number of rotatable bonds is 6. The first-order valence-corrected chi connectivity index (χ1v) is 12.1. The van der Waals surface area contributed by atoms with Crippen LogP contribution in [0.3, 0.4) is 0 Å². The van der Waals surface area contributed by atoms with Crippen molar-refractivity contribution in [1.82, 2.24) is 14.8 Å². The maximum atomic E-state index is 13.2. The number of fused-ring (bicyclic) bond motifs is 1. The summed E-state index contributed by atoms with van der Waals surface area (Å²) in [5, 5.41) is 9.97. The lowest BCUT2D eigenvalue weighted by Crippen LogP contribution is -2.36. The van der Waals surface area contributed by atoms with Crippen LogP contribution in [0.1, 0.15) is 64.5 Å². The number of ketones is 1. The standard InChI is InChI=1S/C22H26Cl2N4OS/c1-4-5-6-9-30-21-26-20-25-16-11-22(2,3)12-17(29)18(16)19(28(20)27-21)14-8-7-13(23)10-15(14)24/h7-8,10,19H,4-6,9,11-12H2,1-3H3,(H,25,26,27)/t19-/m1/s1. The smallest absolute Gasteiger partial charge is 0.227 e. The summed E-state index contributed by atoms with van der Waals surface area (Å²) >= 11 is 14.4. The Labute approximate surface area is 191 Å². The van der Waals surface area contributed by atoms with Gasteiger partial charge in [0.25, 0.3) is 0 Å². The second-order valence-electron chi connectivity index (χ2n) is 8.74. The number of nitrogens with one attached hydrogen (secondary N) is 1. The molecule has 5 nitrogen and oxygen atoms in total. The molecule has 1 aliphatic carbocycles. The van der Waals surface area contributed by atoms with E-state index >= 15 is 0 Å². The maximum Gasteiger partial charge on any atom is 0.227 e. The summed E-state index contributed by atoms with van der Waals surface area (Å²) in [6.45, 7) is 6.43. The van der Waals surface area contributed by atoms with Gasteiger partial charge in [0, 0.05) is 39.1 Å². The molecule has 160 valence electrons. The maximum absolute atomic E-state index is 13.2. The highest BCUT2D eigenvalue weighted by atomic mass is 35.5. The van der Waals surface area contributed by atoms with Gasteiger partial charge < -0.3 is 5.32 Å². The van der Waals surface area contributed by atoms with E-state index in [0.29, 0.717) is 22.4 Å². The largest absolute Gasteiger partial charge is 0.328 e. The van der Waals surface area contributed by atoms with Crippen molar-refractivity contribution in [3.05, 3.63) is 45.1 Å². The van der Waals surface area contributed by atoms with Gasteiger partial charge in [0.1, 0.15) is 6.04 Å². The molecule has 0 saturated heterocycles. The Hall–Kier alpha value is -1.50. The van der Waals surface area contributed by atoms with E-state index in [1.807, 2.05) is 10.7 Å². The monoisotopic (exact) mass is 464 g/mol. The zero-order valence-electron chi connectivity index (χ0n) is 17.5. The summed E-state index contributed by atoms with van der Waals surface area (Å²) < 4.78 is 1.81. The number of hydrogen-bond acceptors (Lipinski definition) is 5. The molecule has 0 bridgehead atoms. The first-order chi connectivity index (χ1) is 14.3. The van der Waals surface area contributed by atoms with E-state index in [4.69, 9.17) is 33.3 Å². The van der Waals surface area contributed by atoms with E-state index in [9.17, 15) is 4.79 Å². The van der Waals surface area contributed by atoms with Crippen LogP contribution in [0, 0.1) is 5.41 Å². The summed E-state index contributed by atoms with van der Waals surface area (Å²) in [6, 6.07) is 5.01. The van der Waals surface area contributed by atoms with Gasteiger partial charge in [-0.25, -0.2) is 4.68 Å². The van der Waals surface area contributed by atoms with Crippen molar-refractivity contribution >= 4 is 46.7 Å². The first kappa shape index (κ1) is 21.7. The lowest BCUT2D eigenvalue weighted by Gasteiger charge is -2.38. The summed E-state index contributed by atoms with van der Waals surface area (Å²) in [7, 11) is 0. The molecule has 0 amide bonds. The highest BCUT2D eigenvalue weighted by Crippen LogP contribution is 2.47. The number of nitrogens with zero attached hydrogens (tertiary/aromatic N) is 3. The molecule has 1 aromatic heterocycles. The third-order valence-electron chi connectivity index (χ3n) is 5.55. The molecule has 1 N–H and O–H groups in total. The Balaban J connectivity index is 1.77. The van der Waals surface area contributed by atoms with E-state index in [-0.39, 0.29) is 11.2 Å².